The van der Waals surface area contributed by atoms with E-state index in [-0.39, 0.29) is 10.2 Å². The molecule has 0 spiro atoms. The van der Waals surface area contributed by atoms with E-state index in [1.165, 1.54) is 17.8 Å². The Morgan fingerprint density at radius 2 is 2.07 bits per heavy atom. The molecule has 0 aliphatic heterocycles. The topological polar surface area (TPSA) is 25.8 Å². The van der Waals surface area contributed by atoms with Crippen molar-refractivity contribution >= 4 is 23.4 Å². The average molecular weight is 257 g/mol. The van der Waals surface area contributed by atoms with E-state index in [0.29, 0.717) is 5.75 Å². The first kappa shape index (κ1) is 12.6. The van der Waals surface area contributed by atoms with Crippen LogP contribution in [0.2, 0.25) is 5.15 Å². The SMILES string of the molecule is CCCSc1cc(Cl)nc(C(F)(F)F)n1. The Morgan fingerprint density at radius 3 is 2.60 bits per heavy atom. The Morgan fingerprint density at radius 1 is 1.40 bits per heavy atom. The zero-order valence-corrected chi connectivity index (χ0v) is 9.38. The van der Waals surface area contributed by atoms with Gasteiger partial charge in [0.25, 0.3) is 0 Å². The van der Waals surface area contributed by atoms with Gasteiger partial charge in [0.05, 0.1) is 0 Å². The fourth-order valence-corrected chi connectivity index (χ4v) is 1.81. The predicted molar refractivity (Wildman–Crippen MR) is 53.1 cm³/mol. The van der Waals surface area contributed by atoms with Crippen LogP contribution in [-0.4, -0.2) is 15.7 Å². The van der Waals surface area contributed by atoms with Crippen LogP contribution in [0.15, 0.2) is 11.1 Å². The van der Waals surface area contributed by atoms with E-state index in [0.717, 1.165) is 6.42 Å². The minimum atomic E-state index is -4.55. The summed E-state index contributed by atoms with van der Waals surface area (Å²) in [5.74, 6) is -0.487. The largest absolute Gasteiger partial charge is 0.451 e. The lowest BCUT2D eigenvalue weighted by molar-refractivity contribution is -0.145. The van der Waals surface area contributed by atoms with E-state index in [4.69, 9.17) is 11.6 Å². The number of nitrogens with zero attached hydrogens (tertiary/aromatic N) is 2. The van der Waals surface area contributed by atoms with Crippen molar-refractivity contribution in [1.29, 1.82) is 0 Å². The van der Waals surface area contributed by atoms with Crippen molar-refractivity contribution < 1.29 is 13.2 Å². The molecule has 2 nitrogen and oxygen atoms in total. The minimum absolute atomic E-state index is 0.184. The molecule has 0 unspecified atom stereocenters. The highest BCUT2D eigenvalue weighted by molar-refractivity contribution is 7.99. The monoisotopic (exact) mass is 256 g/mol. The minimum Gasteiger partial charge on any atom is -0.218 e. The quantitative estimate of drug-likeness (QED) is 0.610. The fraction of sp³-hybridized carbons (Fsp3) is 0.500. The van der Waals surface area contributed by atoms with Crippen LogP contribution in [0.5, 0.6) is 0 Å². The Bertz CT molecular complexity index is 343. The highest BCUT2D eigenvalue weighted by Gasteiger charge is 2.35. The van der Waals surface area contributed by atoms with Crippen LogP contribution >= 0.6 is 23.4 Å². The average Bonchev–Trinajstić information content (AvgIpc) is 2.12. The molecule has 0 radical (unpaired) electrons. The molecule has 84 valence electrons. The molecule has 0 fully saturated rings. The summed E-state index contributed by atoms with van der Waals surface area (Å²) in [5, 5.41) is 0.0695. The van der Waals surface area contributed by atoms with Crippen LogP contribution in [-0.2, 0) is 6.18 Å². The van der Waals surface area contributed by atoms with Gasteiger partial charge in [-0.05, 0) is 12.2 Å². The number of hydrogen-bond acceptors (Lipinski definition) is 3. The first-order valence-electron chi connectivity index (χ1n) is 4.18. The van der Waals surface area contributed by atoms with Crippen molar-refractivity contribution in [1.82, 2.24) is 9.97 Å². The lowest BCUT2D eigenvalue weighted by atomic mass is 10.5. The highest BCUT2D eigenvalue weighted by atomic mass is 35.5. The number of aromatic nitrogens is 2. The van der Waals surface area contributed by atoms with Crippen molar-refractivity contribution in [2.75, 3.05) is 5.75 Å². The summed E-state index contributed by atoms with van der Waals surface area (Å²) in [6.45, 7) is 1.93. The fourth-order valence-electron chi connectivity index (χ4n) is 0.804. The van der Waals surface area contributed by atoms with Crippen molar-refractivity contribution in [2.45, 2.75) is 24.5 Å². The van der Waals surface area contributed by atoms with E-state index in [2.05, 4.69) is 9.97 Å². The van der Waals surface area contributed by atoms with Gasteiger partial charge in [-0.25, -0.2) is 9.97 Å². The molecule has 7 heteroatoms. The van der Waals surface area contributed by atoms with Gasteiger partial charge in [-0.3, -0.25) is 0 Å². The second-order valence-corrected chi connectivity index (χ2v) is 4.20. The van der Waals surface area contributed by atoms with E-state index < -0.39 is 12.0 Å². The third-order valence-electron chi connectivity index (χ3n) is 1.38. The van der Waals surface area contributed by atoms with Gasteiger partial charge in [0.1, 0.15) is 10.2 Å². The number of hydrogen-bond donors (Lipinski definition) is 0. The Labute approximate surface area is 94.3 Å². The van der Waals surface area contributed by atoms with Crippen LogP contribution in [0.25, 0.3) is 0 Å². The van der Waals surface area contributed by atoms with E-state index in [1.54, 1.807) is 0 Å². The molecule has 0 N–H and O–H groups in total. The van der Waals surface area contributed by atoms with Gasteiger partial charge in [0.2, 0.25) is 5.82 Å². The van der Waals surface area contributed by atoms with Crippen LogP contribution < -0.4 is 0 Å². The van der Waals surface area contributed by atoms with Gasteiger partial charge in [0.15, 0.2) is 0 Å². The van der Waals surface area contributed by atoms with Crippen LogP contribution in [0, 0.1) is 0 Å². The zero-order chi connectivity index (χ0) is 11.5. The lowest BCUT2D eigenvalue weighted by Gasteiger charge is -2.06. The maximum absolute atomic E-state index is 12.3. The smallest absolute Gasteiger partial charge is 0.218 e. The molecule has 1 aromatic heterocycles. The van der Waals surface area contributed by atoms with Crippen molar-refractivity contribution in [2.24, 2.45) is 0 Å². The van der Waals surface area contributed by atoms with Gasteiger partial charge < -0.3 is 0 Å². The first-order valence-corrected chi connectivity index (χ1v) is 5.54. The maximum Gasteiger partial charge on any atom is 0.451 e. The van der Waals surface area contributed by atoms with E-state index >= 15 is 0 Å². The molecule has 0 atom stereocenters. The molecule has 0 bridgehead atoms. The van der Waals surface area contributed by atoms with Gasteiger partial charge in [-0.1, -0.05) is 18.5 Å². The molecule has 0 amide bonds. The molecule has 15 heavy (non-hydrogen) atoms. The van der Waals surface area contributed by atoms with Gasteiger partial charge in [-0.15, -0.1) is 11.8 Å². The third-order valence-corrected chi connectivity index (χ3v) is 2.69. The maximum atomic E-state index is 12.3. The second kappa shape index (κ2) is 5.03. The predicted octanol–water partition coefficient (Wildman–Crippen LogP) is 3.65. The Kier molecular flexibility index (Phi) is 4.21. The Balaban J connectivity index is 2.95. The number of halogens is 4. The molecule has 1 aromatic rings. The molecular formula is C8H8ClF3N2S. The first-order chi connectivity index (χ1) is 6.93. The molecule has 1 rings (SSSR count). The summed E-state index contributed by atoms with van der Waals surface area (Å²) in [6.07, 6.45) is -3.69. The summed E-state index contributed by atoms with van der Waals surface area (Å²) in [5.41, 5.74) is 0. The summed E-state index contributed by atoms with van der Waals surface area (Å²) < 4.78 is 36.8. The standard InChI is InChI=1S/C8H8ClF3N2S/c1-2-3-15-6-4-5(9)13-7(14-6)8(10,11)12/h4H,2-3H2,1H3. The summed E-state index contributed by atoms with van der Waals surface area (Å²) in [6, 6.07) is 1.33. The third kappa shape index (κ3) is 3.87. The van der Waals surface area contributed by atoms with Crippen LogP contribution in [0.3, 0.4) is 0 Å². The molecule has 0 aliphatic carbocycles. The van der Waals surface area contributed by atoms with E-state index in [1.807, 2.05) is 6.92 Å². The molecule has 0 aromatic carbocycles. The summed E-state index contributed by atoms with van der Waals surface area (Å²) in [4.78, 5) is 6.51. The Hall–Kier alpha value is -0.490. The molecule has 1 heterocycles. The zero-order valence-electron chi connectivity index (χ0n) is 7.81. The number of alkyl halides is 3. The molecular weight excluding hydrogens is 249 g/mol. The lowest BCUT2D eigenvalue weighted by Crippen LogP contribution is -2.11. The van der Waals surface area contributed by atoms with Crippen LogP contribution in [0.4, 0.5) is 13.2 Å². The molecule has 0 saturated heterocycles. The molecule has 0 saturated carbocycles. The number of thioether (sulfide) groups is 1. The van der Waals surface area contributed by atoms with Crippen molar-refractivity contribution in [3.8, 4) is 0 Å². The van der Waals surface area contributed by atoms with Crippen molar-refractivity contribution in [3.63, 3.8) is 0 Å². The van der Waals surface area contributed by atoms with E-state index in [9.17, 15) is 13.2 Å². The summed E-state index contributed by atoms with van der Waals surface area (Å²) >= 11 is 6.70. The summed E-state index contributed by atoms with van der Waals surface area (Å²) in [7, 11) is 0. The van der Waals surface area contributed by atoms with Gasteiger partial charge >= 0.3 is 6.18 Å². The van der Waals surface area contributed by atoms with Crippen LogP contribution in [0.1, 0.15) is 19.2 Å². The molecule has 0 aliphatic rings. The van der Waals surface area contributed by atoms with Gasteiger partial charge in [0, 0.05) is 6.07 Å². The normalized spacial score (nSPS) is 11.8. The van der Waals surface area contributed by atoms with Gasteiger partial charge in [-0.2, -0.15) is 13.2 Å². The van der Waals surface area contributed by atoms with Crippen molar-refractivity contribution in [3.05, 3.63) is 17.0 Å². The highest BCUT2D eigenvalue weighted by Crippen LogP contribution is 2.29. The second-order valence-electron chi connectivity index (χ2n) is 2.70. The number of rotatable bonds is 3.